The number of fused-ring (bicyclic) bond motifs is 1. The Hall–Kier alpha value is -1.11. The molecule has 1 aliphatic rings. The molecule has 1 aliphatic carbocycles. The molecule has 1 heteroatoms. The van der Waals surface area contributed by atoms with E-state index in [0.717, 1.165) is 19.3 Å². The van der Waals surface area contributed by atoms with Gasteiger partial charge in [0.2, 0.25) is 0 Å². The van der Waals surface area contributed by atoms with E-state index in [-0.39, 0.29) is 0 Å². The van der Waals surface area contributed by atoms with Crippen LogP contribution in [0.25, 0.3) is 0 Å². The van der Waals surface area contributed by atoms with Gasteiger partial charge >= 0.3 is 0 Å². The molecule has 1 aromatic rings. The standard InChI is InChI=1S/C12H14O/c1-9(13)8-11-7-6-10-4-2-3-5-12(10)11/h2-5,11H,6-8H2,1H3. The molecule has 0 radical (unpaired) electrons. The van der Waals surface area contributed by atoms with E-state index in [2.05, 4.69) is 24.3 Å². The summed E-state index contributed by atoms with van der Waals surface area (Å²) in [4.78, 5) is 11.0. The maximum atomic E-state index is 11.0. The molecule has 0 N–H and O–H groups in total. The largest absolute Gasteiger partial charge is 0.300 e. The van der Waals surface area contributed by atoms with Gasteiger partial charge in [0, 0.05) is 6.42 Å². The third-order valence-corrected chi connectivity index (χ3v) is 2.79. The van der Waals surface area contributed by atoms with Crippen LogP contribution in [0.5, 0.6) is 0 Å². The zero-order valence-corrected chi connectivity index (χ0v) is 7.92. The van der Waals surface area contributed by atoms with E-state index in [0.29, 0.717) is 11.7 Å². The maximum absolute atomic E-state index is 11.0. The van der Waals surface area contributed by atoms with Gasteiger partial charge in [-0.1, -0.05) is 24.3 Å². The van der Waals surface area contributed by atoms with Gasteiger partial charge in [0.15, 0.2) is 0 Å². The molecule has 0 amide bonds. The summed E-state index contributed by atoms with van der Waals surface area (Å²) in [5.41, 5.74) is 2.84. The van der Waals surface area contributed by atoms with Crippen molar-refractivity contribution in [3.05, 3.63) is 35.4 Å². The predicted octanol–water partition coefficient (Wildman–Crippen LogP) is 2.70. The SMILES string of the molecule is CC(=O)CC1CCc2ccccc21. The first-order valence-electron chi connectivity index (χ1n) is 4.84. The molecule has 13 heavy (non-hydrogen) atoms. The van der Waals surface area contributed by atoms with E-state index >= 15 is 0 Å². The molecule has 0 saturated carbocycles. The number of benzene rings is 1. The summed E-state index contributed by atoms with van der Waals surface area (Å²) < 4.78 is 0. The molecule has 2 rings (SSSR count). The lowest BCUT2D eigenvalue weighted by Gasteiger charge is -2.08. The van der Waals surface area contributed by atoms with Crippen molar-refractivity contribution in [1.29, 1.82) is 0 Å². The second-order valence-electron chi connectivity index (χ2n) is 3.84. The molecule has 0 spiro atoms. The number of rotatable bonds is 2. The summed E-state index contributed by atoms with van der Waals surface area (Å²) >= 11 is 0. The first-order valence-corrected chi connectivity index (χ1v) is 4.84. The third kappa shape index (κ3) is 1.64. The van der Waals surface area contributed by atoms with Gasteiger partial charge in [0.1, 0.15) is 5.78 Å². The first kappa shape index (κ1) is 8.49. The van der Waals surface area contributed by atoms with Crippen LogP contribution in [0.15, 0.2) is 24.3 Å². The lowest BCUT2D eigenvalue weighted by molar-refractivity contribution is -0.117. The number of hydrogen-bond donors (Lipinski definition) is 0. The number of hydrogen-bond acceptors (Lipinski definition) is 1. The fourth-order valence-corrected chi connectivity index (χ4v) is 2.20. The summed E-state index contributed by atoms with van der Waals surface area (Å²) in [6, 6.07) is 8.48. The van der Waals surface area contributed by atoms with E-state index in [4.69, 9.17) is 0 Å². The molecule has 1 atom stereocenters. The minimum absolute atomic E-state index is 0.307. The van der Waals surface area contributed by atoms with E-state index in [1.807, 2.05) is 0 Å². The van der Waals surface area contributed by atoms with Crippen molar-refractivity contribution in [3.8, 4) is 0 Å². The second kappa shape index (κ2) is 3.33. The van der Waals surface area contributed by atoms with Crippen molar-refractivity contribution in [2.75, 3.05) is 0 Å². The molecule has 0 saturated heterocycles. The predicted molar refractivity (Wildman–Crippen MR) is 52.8 cm³/mol. The van der Waals surface area contributed by atoms with E-state index in [1.54, 1.807) is 6.92 Å². The van der Waals surface area contributed by atoms with Crippen LogP contribution in [0.4, 0.5) is 0 Å². The van der Waals surface area contributed by atoms with Crippen LogP contribution in [-0.2, 0) is 11.2 Å². The highest BCUT2D eigenvalue weighted by molar-refractivity contribution is 5.76. The normalized spacial score (nSPS) is 19.9. The number of aryl methyl sites for hydroxylation is 1. The van der Waals surface area contributed by atoms with Crippen molar-refractivity contribution in [2.24, 2.45) is 0 Å². The quantitative estimate of drug-likeness (QED) is 0.673. The van der Waals surface area contributed by atoms with Crippen molar-refractivity contribution in [2.45, 2.75) is 32.1 Å². The molecule has 0 heterocycles. The van der Waals surface area contributed by atoms with Gasteiger partial charge in [-0.15, -0.1) is 0 Å². The van der Waals surface area contributed by atoms with Gasteiger partial charge in [0.25, 0.3) is 0 Å². The Morgan fingerprint density at radius 1 is 1.46 bits per heavy atom. The van der Waals surface area contributed by atoms with Crippen LogP contribution in [-0.4, -0.2) is 5.78 Å². The molecule has 1 nitrogen and oxygen atoms in total. The Labute approximate surface area is 78.8 Å². The Morgan fingerprint density at radius 3 is 3.00 bits per heavy atom. The number of carbonyl (C=O) groups excluding carboxylic acids is 1. The highest BCUT2D eigenvalue weighted by Gasteiger charge is 2.22. The number of carbonyl (C=O) groups is 1. The number of Topliss-reactive ketones (excluding diaryl/α,β-unsaturated/α-hetero) is 1. The van der Waals surface area contributed by atoms with Gasteiger partial charge in [0.05, 0.1) is 0 Å². The highest BCUT2D eigenvalue weighted by Crippen LogP contribution is 2.35. The summed E-state index contributed by atoms with van der Waals surface area (Å²) in [5.74, 6) is 0.801. The summed E-state index contributed by atoms with van der Waals surface area (Å²) in [5, 5.41) is 0. The topological polar surface area (TPSA) is 17.1 Å². The van der Waals surface area contributed by atoms with Gasteiger partial charge in [-0.25, -0.2) is 0 Å². The van der Waals surface area contributed by atoms with Crippen molar-refractivity contribution in [3.63, 3.8) is 0 Å². The zero-order valence-electron chi connectivity index (χ0n) is 7.92. The molecule has 68 valence electrons. The fourth-order valence-electron chi connectivity index (χ4n) is 2.20. The van der Waals surface area contributed by atoms with Crippen LogP contribution in [0.1, 0.15) is 36.8 Å². The van der Waals surface area contributed by atoms with Gasteiger partial charge in [-0.05, 0) is 36.8 Å². The van der Waals surface area contributed by atoms with E-state index in [9.17, 15) is 4.79 Å². The Kier molecular flexibility index (Phi) is 2.17. The second-order valence-corrected chi connectivity index (χ2v) is 3.84. The lowest BCUT2D eigenvalue weighted by atomic mass is 9.96. The summed E-state index contributed by atoms with van der Waals surface area (Å²) in [7, 11) is 0. The van der Waals surface area contributed by atoms with Crippen molar-refractivity contribution >= 4 is 5.78 Å². The molecule has 1 unspecified atom stereocenters. The zero-order chi connectivity index (χ0) is 9.26. The van der Waals surface area contributed by atoms with Crippen LogP contribution in [0, 0.1) is 0 Å². The molecule has 0 fully saturated rings. The lowest BCUT2D eigenvalue weighted by Crippen LogP contribution is -2.00. The van der Waals surface area contributed by atoms with Gasteiger partial charge < -0.3 is 4.79 Å². The minimum Gasteiger partial charge on any atom is -0.300 e. The third-order valence-electron chi connectivity index (χ3n) is 2.79. The Morgan fingerprint density at radius 2 is 2.23 bits per heavy atom. The van der Waals surface area contributed by atoms with E-state index in [1.165, 1.54) is 11.1 Å². The Balaban J connectivity index is 2.23. The highest BCUT2D eigenvalue weighted by atomic mass is 16.1. The first-order chi connectivity index (χ1) is 6.27. The van der Waals surface area contributed by atoms with Crippen LogP contribution in [0.3, 0.4) is 0 Å². The maximum Gasteiger partial charge on any atom is 0.130 e. The fraction of sp³-hybridized carbons (Fsp3) is 0.417. The number of ketones is 1. The average Bonchev–Trinajstić information content (AvgIpc) is 2.48. The molecule has 0 bridgehead atoms. The van der Waals surface area contributed by atoms with Crippen molar-refractivity contribution < 1.29 is 4.79 Å². The van der Waals surface area contributed by atoms with Gasteiger partial charge in [-0.2, -0.15) is 0 Å². The smallest absolute Gasteiger partial charge is 0.130 e. The molecule has 1 aromatic carbocycles. The molecular formula is C12H14O. The molecular weight excluding hydrogens is 160 g/mol. The van der Waals surface area contributed by atoms with Crippen LogP contribution < -0.4 is 0 Å². The molecule has 0 aliphatic heterocycles. The monoisotopic (exact) mass is 174 g/mol. The average molecular weight is 174 g/mol. The Bertz CT molecular complexity index is 328. The van der Waals surface area contributed by atoms with E-state index < -0.39 is 0 Å². The summed E-state index contributed by atoms with van der Waals surface area (Å²) in [6.07, 6.45) is 3.02. The molecule has 0 aromatic heterocycles. The van der Waals surface area contributed by atoms with Crippen molar-refractivity contribution in [1.82, 2.24) is 0 Å². The van der Waals surface area contributed by atoms with Gasteiger partial charge in [-0.3, -0.25) is 0 Å². The van der Waals surface area contributed by atoms with Crippen LogP contribution >= 0.6 is 0 Å². The van der Waals surface area contributed by atoms with Crippen LogP contribution in [0.2, 0.25) is 0 Å². The minimum atomic E-state index is 0.307. The summed E-state index contributed by atoms with van der Waals surface area (Å²) in [6.45, 7) is 1.68.